The summed E-state index contributed by atoms with van der Waals surface area (Å²) in [5.41, 5.74) is 0. The molecule has 1 rings (SSSR count). The number of urea groups is 1. The molecule has 8 nitrogen and oxygen atoms in total. The third-order valence-electron chi connectivity index (χ3n) is 5.49. The molecule has 0 saturated carbocycles. The van der Waals surface area contributed by atoms with Gasteiger partial charge in [-0.05, 0) is 25.0 Å². The van der Waals surface area contributed by atoms with E-state index in [0.717, 1.165) is 43.8 Å². The highest BCUT2D eigenvalue weighted by Gasteiger charge is 2.32. The standard InChI is InChI=1S/C21H44N2O6Si3/c1-25-20(26-2)30-15-9-12-22(13-10-16-31-21(27-3)28-4)19(24)23(32(5,6)7)17-18-11-8-14-29-18/h8,11,14,20-21H,9-10,12-13,15-17,30-31H2,1-7H3. The topological polar surface area (TPSA) is 73.6 Å². The van der Waals surface area contributed by atoms with Crippen molar-refractivity contribution in [2.24, 2.45) is 0 Å². The number of ether oxygens (including phenoxy) is 4. The molecule has 186 valence electrons. The Bertz CT molecular complexity index is 587. The molecule has 2 amide bonds. The number of carbonyl (C=O) groups is 1. The van der Waals surface area contributed by atoms with Gasteiger partial charge in [-0.15, -0.1) is 0 Å². The van der Waals surface area contributed by atoms with Crippen LogP contribution in [0.3, 0.4) is 0 Å². The predicted octanol–water partition coefficient (Wildman–Crippen LogP) is 2.45. The molecule has 1 aromatic rings. The predicted molar refractivity (Wildman–Crippen MR) is 136 cm³/mol. The summed E-state index contributed by atoms with van der Waals surface area (Å²) < 4.78 is 29.0. The number of furan rings is 1. The van der Waals surface area contributed by atoms with Crippen molar-refractivity contribution in [3.8, 4) is 0 Å². The van der Waals surface area contributed by atoms with Crippen LogP contribution in [0.15, 0.2) is 22.8 Å². The van der Waals surface area contributed by atoms with Gasteiger partial charge < -0.3 is 32.8 Å². The van der Waals surface area contributed by atoms with E-state index in [1.165, 1.54) is 0 Å². The van der Waals surface area contributed by atoms with Crippen molar-refractivity contribution in [1.82, 2.24) is 9.47 Å². The van der Waals surface area contributed by atoms with Crippen molar-refractivity contribution in [1.29, 1.82) is 0 Å². The minimum atomic E-state index is -1.90. The molecule has 0 aromatic carbocycles. The first-order chi connectivity index (χ1) is 15.3. The van der Waals surface area contributed by atoms with E-state index in [1.54, 1.807) is 34.7 Å². The molecule has 0 saturated heterocycles. The van der Waals surface area contributed by atoms with Gasteiger partial charge in [0.1, 0.15) is 17.6 Å². The molecule has 0 aliphatic carbocycles. The smallest absolute Gasteiger partial charge is 0.312 e. The van der Waals surface area contributed by atoms with Crippen molar-refractivity contribution in [3.05, 3.63) is 24.2 Å². The van der Waals surface area contributed by atoms with Crippen LogP contribution in [-0.4, -0.2) is 96.1 Å². The van der Waals surface area contributed by atoms with Crippen LogP contribution in [0.2, 0.25) is 31.7 Å². The molecule has 32 heavy (non-hydrogen) atoms. The maximum Gasteiger partial charge on any atom is 0.312 e. The van der Waals surface area contributed by atoms with Crippen LogP contribution in [0, 0.1) is 0 Å². The number of amides is 2. The van der Waals surface area contributed by atoms with Gasteiger partial charge in [-0.3, -0.25) is 0 Å². The summed E-state index contributed by atoms with van der Waals surface area (Å²) in [6.45, 7) is 8.64. The van der Waals surface area contributed by atoms with Crippen LogP contribution < -0.4 is 0 Å². The first-order valence-electron chi connectivity index (χ1n) is 11.5. The Labute approximate surface area is 199 Å². The average molecular weight is 505 g/mol. The average Bonchev–Trinajstić information content (AvgIpc) is 3.28. The zero-order valence-corrected chi connectivity index (χ0v) is 24.9. The van der Waals surface area contributed by atoms with E-state index >= 15 is 0 Å². The molecule has 11 heteroatoms. The van der Waals surface area contributed by atoms with Crippen LogP contribution in [0.5, 0.6) is 0 Å². The van der Waals surface area contributed by atoms with Gasteiger partial charge >= 0.3 is 6.03 Å². The lowest BCUT2D eigenvalue weighted by Crippen LogP contribution is -2.54. The van der Waals surface area contributed by atoms with Gasteiger partial charge in [0.2, 0.25) is 0 Å². The summed E-state index contributed by atoms with van der Waals surface area (Å²) in [5, 5.41) is 0. The van der Waals surface area contributed by atoms with E-state index in [0.29, 0.717) is 6.54 Å². The fourth-order valence-corrected chi connectivity index (χ4v) is 7.49. The molecule has 0 spiro atoms. The molecule has 0 bridgehead atoms. The van der Waals surface area contributed by atoms with Crippen molar-refractivity contribution >= 4 is 33.3 Å². The quantitative estimate of drug-likeness (QED) is 0.184. The van der Waals surface area contributed by atoms with Gasteiger partial charge in [-0.25, -0.2) is 4.79 Å². The summed E-state index contributed by atoms with van der Waals surface area (Å²) in [5.74, 6) is 0.719. The zero-order valence-electron chi connectivity index (χ0n) is 21.1. The molecule has 0 unspecified atom stereocenters. The highest BCUT2D eigenvalue weighted by atomic mass is 28.3. The molecular weight excluding hydrogens is 460 g/mol. The Kier molecular flexibility index (Phi) is 14.4. The van der Waals surface area contributed by atoms with Crippen LogP contribution in [0.4, 0.5) is 4.79 Å². The van der Waals surface area contributed by atoms with E-state index in [9.17, 15) is 4.79 Å². The van der Waals surface area contributed by atoms with Crippen LogP contribution in [0.25, 0.3) is 0 Å². The minimum absolute atomic E-state index is 0.0531. The Morgan fingerprint density at radius 1 is 0.969 bits per heavy atom. The van der Waals surface area contributed by atoms with E-state index < -0.39 is 27.3 Å². The Morgan fingerprint density at radius 3 is 1.84 bits per heavy atom. The zero-order chi connectivity index (χ0) is 24.0. The van der Waals surface area contributed by atoms with Crippen LogP contribution >= 0.6 is 0 Å². The molecule has 0 radical (unpaired) electrons. The minimum Gasteiger partial charge on any atom is -0.467 e. The highest BCUT2D eigenvalue weighted by molar-refractivity contribution is 6.75. The lowest BCUT2D eigenvalue weighted by Gasteiger charge is -2.38. The summed E-state index contributed by atoms with van der Waals surface area (Å²) in [6.07, 6.45) is 3.61. The number of rotatable bonds is 17. The summed E-state index contributed by atoms with van der Waals surface area (Å²) in [7, 11) is 3.86. The molecule has 0 N–H and O–H groups in total. The van der Waals surface area contributed by atoms with Crippen LogP contribution in [0.1, 0.15) is 18.6 Å². The fourth-order valence-electron chi connectivity index (χ4n) is 3.52. The van der Waals surface area contributed by atoms with Gasteiger partial charge in [0.05, 0.1) is 31.8 Å². The molecule has 0 fully saturated rings. The van der Waals surface area contributed by atoms with Gasteiger partial charge in [0.15, 0.2) is 8.24 Å². The monoisotopic (exact) mass is 504 g/mol. The second kappa shape index (κ2) is 15.8. The molecule has 0 aliphatic rings. The first kappa shape index (κ1) is 29.1. The van der Waals surface area contributed by atoms with Crippen molar-refractivity contribution in [3.63, 3.8) is 0 Å². The lowest BCUT2D eigenvalue weighted by molar-refractivity contribution is -0.0442. The highest BCUT2D eigenvalue weighted by Crippen LogP contribution is 2.18. The summed E-state index contributed by atoms with van der Waals surface area (Å²) >= 11 is 0. The molecule has 1 aromatic heterocycles. The number of methoxy groups -OCH3 is 4. The van der Waals surface area contributed by atoms with Gasteiger partial charge in [-0.2, -0.15) is 0 Å². The van der Waals surface area contributed by atoms with Crippen molar-refractivity contribution < 1.29 is 28.2 Å². The molecular formula is C21H44N2O6Si3. The number of hydrogen-bond donors (Lipinski definition) is 0. The van der Waals surface area contributed by atoms with Gasteiger partial charge in [-0.1, -0.05) is 31.7 Å². The maximum absolute atomic E-state index is 13.7. The summed E-state index contributed by atoms with van der Waals surface area (Å²) in [4.78, 5) is 15.7. The lowest BCUT2D eigenvalue weighted by atomic mass is 10.3. The molecule has 1 heterocycles. The van der Waals surface area contributed by atoms with Crippen molar-refractivity contribution in [2.75, 3.05) is 41.5 Å². The van der Waals surface area contributed by atoms with E-state index in [4.69, 9.17) is 23.4 Å². The third kappa shape index (κ3) is 10.8. The Hall–Kier alpha value is -0.959. The van der Waals surface area contributed by atoms with Crippen molar-refractivity contribution in [2.45, 2.75) is 62.9 Å². The normalized spacial score (nSPS) is 12.8. The largest absolute Gasteiger partial charge is 0.467 e. The van der Waals surface area contributed by atoms with Gasteiger partial charge in [0.25, 0.3) is 0 Å². The van der Waals surface area contributed by atoms with Gasteiger partial charge in [0, 0.05) is 41.5 Å². The van der Waals surface area contributed by atoms with E-state index in [2.05, 4.69) is 19.6 Å². The summed E-state index contributed by atoms with van der Waals surface area (Å²) in [6, 6.07) is 6.08. The first-order valence-corrected chi connectivity index (χ1v) is 18.5. The maximum atomic E-state index is 13.7. The second-order valence-corrected chi connectivity index (χ2v) is 17.7. The number of nitrogens with zero attached hydrogens (tertiary/aromatic N) is 2. The molecule has 0 aliphatic heterocycles. The number of carbonyl (C=O) groups excluding carboxylic acids is 1. The Balaban J connectivity index is 2.78. The fraction of sp³-hybridized carbons (Fsp3) is 0.762. The Morgan fingerprint density at radius 2 is 1.47 bits per heavy atom. The third-order valence-corrected chi connectivity index (χ3v) is 11.6. The van der Waals surface area contributed by atoms with Crippen LogP contribution in [-0.2, 0) is 25.5 Å². The van der Waals surface area contributed by atoms with E-state index in [1.807, 2.05) is 21.6 Å². The molecule has 0 atom stereocenters. The second-order valence-electron chi connectivity index (χ2n) is 8.90. The van der Waals surface area contributed by atoms with E-state index in [-0.39, 0.29) is 17.9 Å². The SMILES string of the molecule is COC(OC)[SiH2]CCCN(CCC[SiH2]C(OC)OC)C(=O)N(Cc1ccco1)[Si](C)(C)C. The number of hydrogen-bond acceptors (Lipinski definition) is 6.